The molecule has 2 aromatic rings. The molecule has 0 bridgehead atoms. The maximum atomic E-state index is 14.3. The van der Waals surface area contributed by atoms with E-state index in [4.69, 9.17) is 14.5 Å². The van der Waals surface area contributed by atoms with Crippen LogP contribution in [0.1, 0.15) is 42.4 Å². The highest BCUT2D eigenvalue weighted by Crippen LogP contribution is 2.40. The lowest BCUT2D eigenvalue weighted by atomic mass is 9.74. The summed E-state index contributed by atoms with van der Waals surface area (Å²) in [6.07, 6.45) is -2.36. The molecule has 11 heteroatoms. The summed E-state index contributed by atoms with van der Waals surface area (Å²) in [4.78, 5) is 17.9. The number of hydrogen-bond acceptors (Lipinski definition) is 4. The first-order valence-corrected chi connectivity index (χ1v) is 14.2. The molecular weight excluding hydrogens is 505 g/mol. The molecule has 35 heavy (non-hydrogen) atoms. The van der Waals surface area contributed by atoms with E-state index in [2.05, 4.69) is 5.32 Å². The predicted molar refractivity (Wildman–Crippen MR) is 128 cm³/mol. The molecule has 5 nitrogen and oxygen atoms in total. The molecule has 3 rings (SSSR count). The van der Waals surface area contributed by atoms with Gasteiger partial charge in [-0.15, -0.1) is 11.8 Å². The molecule has 2 aromatic carbocycles. The van der Waals surface area contributed by atoms with Crippen molar-refractivity contribution in [2.45, 2.75) is 48.7 Å². The molecular formula is C24H30F4NO4PS. The molecule has 0 atom stereocenters. The van der Waals surface area contributed by atoms with Crippen LogP contribution >= 0.6 is 19.4 Å². The third-order valence-corrected chi connectivity index (χ3v) is 8.05. The lowest BCUT2D eigenvalue weighted by Crippen LogP contribution is -2.47. The lowest BCUT2D eigenvalue weighted by molar-refractivity contribution is -0.139. The van der Waals surface area contributed by atoms with Crippen LogP contribution in [0.25, 0.3) is 0 Å². The fraction of sp³-hybridized carbons (Fsp3) is 0.500. The minimum atomic E-state index is -4.49. The van der Waals surface area contributed by atoms with Gasteiger partial charge in [-0.2, -0.15) is 13.2 Å². The number of alkyl halides is 3. The van der Waals surface area contributed by atoms with Crippen LogP contribution in [0.5, 0.6) is 0 Å². The van der Waals surface area contributed by atoms with Crippen LogP contribution in [0.15, 0.2) is 47.4 Å². The first kappa shape index (κ1) is 28.2. The van der Waals surface area contributed by atoms with E-state index in [-0.39, 0.29) is 35.3 Å². The Bertz CT molecular complexity index is 1030. The third-order valence-electron chi connectivity index (χ3n) is 5.99. The summed E-state index contributed by atoms with van der Waals surface area (Å²) in [5.74, 6) is 0.258. The normalized spacial score (nSPS) is 15.7. The van der Waals surface area contributed by atoms with E-state index >= 15 is 0 Å². The van der Waals surface area contributed by atoms with Crippen LogP contribution in [0.2, 0.25) is 0 Å². The Labute approximate surface area is 206 Å². The monoisotopic (exact) mass is 535 g/mol. The van der Waals surface area contributed by atoms with Crippen molar-refractivity contribution in [3.8, 4) is 0 Å². The highest BCUT2D eigenvalue weighted by molar-refractivity contribution is 7.99. The molecule has 0 spiro atoms. The fourth-order valence-electron chi connectivity index (χ4n) is 4.10. The second-order valence-electron chi connectivity index (χ2n) is 8.81. The number of thioether (sulfide) groups is 1. The standard InChI is InChI=1S/C24H30F4NO4PS/c25-21-7-2-1-6-19(21)23(16-33-17-23)10-3-4-13-35-22-9-8-18(14-20(22)24(26,27)28)15-29-11-5-12-34(30,31)32/h1-2,6-9,14,29H,3-5,10-13,15-17H2,(H2,30,31,32). The maximum absolute atomic E-state index is 14.3. The van der Waals surface area contributed by atoms with Gasteiger partial charge in [0.2, 0.25) is 0 Å². The maximum Gasteiger partial charge on any atom is 0.417 e. The van der Waals surface area contributed by atoms with Crippen molar-refractivity contribution in [1.82, 2.24) is 5.32 Å². The van der Waals surface area contributed by atoms with Gasteiger partial charge in [-0.25, -0.2) is 4.39 Å². The predicted octanol–water partition coefficient (Wildman–Crippen LogP) is 5.73. The van der Waals surface area contributed by atoms with Crippen molar-refractivity contribution in [3.05, 3.63) is 65.0 Å². The van der Waals surface area contributed by atoms with Crippen LogP contribution in [0, 0.1) is 5.82 Å². The molecule has 1 heterocycles. The van der Waals surface area contributed by atoms with Gasteiger partial charge in [0.15, 0.2) is 0 Å². The van der Waals surface area contributed by atoms with E-state index < -0.39 is 19.3 Å². The van der Waals surface area contributed by atoms with Gasteiger partial charge in [0, 0.05) is 16.9 Å². The minimum absolute atomic E-state index is 0.165. The number of rotatable bonds is 13. The van der Waals surface area contributed by atoms with E-state index in [0.29, 0.717) is 49.5 Å². The second-order valence-corrected chi connectivity index (χ2v) is 11.7. The summed E-state index contributed by atoms with van der Waals surface area (Å²) in [7, 11) is -4.07. The average Bonchev–Trinajstić information content (AvgIpc) is 2.75. The van der Waals surface area contributed by atoms with E-state index in [1.807, 2.05) is 0 Å². The van der Waals surface area contributed by atoms with Crippen molar-refractivity contribution in [2.24, 2.45) is 0 Å². The fourth-order valence-corrected chi connectivity index (χ4v) is 5.73. The summed E-state index contributed by atoms with van der Waals surface area (Å²) in [6, 6.07) is 10.9. The summed E-state index contributed by atoms with van der Waals surface area (Å²) in [6.45, 7) is 1.37. The summed E-state index contributed by atoms with van der Waals surface area (Å²) < 4.78 is 71.4. The molecule has 0 aromatic heterocycles. The first-order valence-electron chi connectivity index (χ1n) is 11.4. The van der Waals surface area contributed by atoms with E-state index in [9.17, 15) is 22.1 Å². The highest BCUT2D eigenvalue weighted by atomic mass is 32.2. The number of hydrogen-bond donors (Lipinski definition) is 3. The Morgan fingerprint density at radius 1 is 1.09 bits per heavy atom. The molecule has 0 radical (unpaired) electrons. The zero-order valence-electron chi connectivity index (χ0n) is 19.2. The van der Waals surface area contributed by atoms with Crippen LogP contribution in [0.3, 0.4) is 0 Å². The number of ether oxygens (including phenoxy) is 1. The van der Waals surface area contributed by atoms with Crippen molar-refractivity contribution >= 4 is 19.4 Å². The van der Waals surface area contributed by atoms with Gasteiger partial charge in [0.1, 0.15) is 5.82 Å². The van der Waals surface area contributed by atoms with Crippen molar-refractivity contribution < 1.29 is 36.7 Å². The van der Waals surface area contributed by atoms with Crippen LogP contribution in [-0.2, 0) is 27.4 Å². The number of benzene rings is 2. The Morgan fingerprint density at radius 2 is 1.83 bits per heavy atom. The smallest absolute Gasteiger partial charge is 0.379 e. The first-order chi connectivity index (χ1) is 16.5. The molecule has 0 amide bonds. The van der Waals surface area contributed by atoms with Gasteiger partial charge in [0.05, 0.1) is 24.9 Å². The van der Waals surface area contributed by atoms with Crippen LogP contribution < -0.4 is 5.32 Å². The molecule has 0 aliphatic carbocycles. The molecule has 3 N–H and O–H groups in total. The summed E-state index contributed by atoms with van der Waals surface area (Å²) >= 11 is 1.16. The van der Waals surface area contributed by atoms with E-state index in [0.717, 1.165) is 24.2 Å². The van der Waals surface area contributed by atoms with Gasteiger partial charge in [0.25, 0.3) is 0 Å². The van der Waals surface area contributed by atoms with Crippen molar-refractivity contribution in [1.29, 1.82) is 0 Å². The zero-order valence-corrected chi connectivity index (χ0v) is 20.9. The SMILES string of the molecule is O=P(O)(O)CCCNCc1ccc(SCCCCC2(c3ccccc3F)COC2)c(C(F)(F)F)c1. The molecule has 1 aliphatic rings. The number of unbranched alkanes of at least 4 members (excludes halogenated alkanes) is 1. The minimum Gasteiger partial charge on any atom is -0.379 e. The van der Waals surface area contributed by atoms with Crippen molar-refractivity contribution in [3.63, 3.8) is 0 Å². The van der Waals surface area contributed by atoms with Crippen molar-refractivity contribution in [2.75, 3.05) is 31.7 Å². The van der Waals surface area contributed by atoms with Crippen LogP contribution in [0.4, 0.5) is 17.6 Å². The van der Waals surface area contributed by atoms with Crippen LogP contribution in [-0.4, -0.2) is 41.5 Å². The molecule has 1 fully saturated rings. The summed E-state index contributed by atoms with van der Waals surface area (Å²) in [5.41, 5.74) is 0.0543. The molecule has 194 valence electrons. The Morgan fingerprint density at radius 3 is 2.46 bits per heavy atom. The molecule has 1 aliphatic heterocycles. The molecule has 0 unspecified atom stereocenters. The number of nitrogens with one attached hydrogen (secondary N) is 1. The van der Waals surface area contributed by atoms with Gasteiger partial charge in [-0.05, 0) is 60.9 Å². The molecule has 0 saturated carbocycles. The Hall–Kier alpha value is -1.42. The Kier molecular flexibility index (Phi) is 9.82. The third kappa shape index (κ3) is 8.30. The zero-order chi connectivity index (χ0) is 25.5. The van der Waals surface area contributed by atoms with Gasteiger partial charge in [-0.1, -0.05) is 30.7 Å². The Balaban J connectivity index is 1.50. The molecule has 1 saturated heterocycles. The average molecular weight is 536 g/mol. The summed E-state index contributed by atoms with van der Waals surface area (Å²) in [5, 5.41) is 2.92. The second kappa shape index (κ2) is 12.2. The quantitative estimate of drug-likeness (QED) is 0.132. The van der Waals surface area contributed by atoms with Gasteiger partial charge >= 0.3 is 13.8 Å². The van der Waals surface area contributed by atoms with Gasteiger partial charge < -0.3 is 19.8 Å². The highest BCUT2D eigenvalue weighted by Gasteiger charge is 2.41. The van der Waals surface area contributed by atoms with E-state index in [1.54, 1.807) is 24.3 Å². The topological polar surface area (TPSA) is 78.8 Å². The van der Waals surface area contributed by atoms with E-state index in [1.165, 1.54) is 12.1 Å². The number of halogens is 4. The lowest BCUT2D eigenvalue weighted by Gasteiger charge is -2.42. The largest absolute Gasteiger partial charge is 0.417 e. The van der Waals surface area contributed by atoms with Gasteiger partial charge in [-0.3, -0.25) is 4.57 Å².